The van der Waals surface area contributed by atoms with Crippen LogP contribution in [0.25, 0.3) is 22.2 Å². The van der Waals surface area contributed by atoms with E-state index in [9.17, 15) is 9.59 Å². The molecule has 180 valence electrons. The molecule has 0 fully saturated rings. The number of amides is 2. The van der Waals surface area contributed by atoms with Crippen LogP contribution in [-0.4, -0.2) is 38.3 Å². The zero-order chi connectivity index (χ0) is 24.6. The van der Waals surface area contributed by atoms with Crippen molar-refractivity contribution in [2.45, 2.75) is 32.1 Å². The summed E-state index contributed by atoms with van der Waals surface area (Å²) in [7, 11) is 1.93. The fourth-order valence-electron chi connectivity index (χ4n) is 4.17. The first kappa shape index (κ1) is 24.1. The normalized spacial score (nSPS) is 10.9. The number of unbranched alkanes of at least 4 members (excludes halogenated alkanes) is 3. The minimum absolute atomic E-state index is 0.152. The zero-order valence-corrected chi connectivity index (χ0v) is 19.7. The second-order valence-electron chi connectivity index (χ2n) is 8.41. The van der Waals surface area contributed by atoms with E-state index in [0.717, 1.165) is 47.1 Å². The van der Waals surface area contributed by atoms with Gasteiger partial charge in [0.25, 0.3) is 5.91 Å². The Hall–Kier alpha value is -4.04. The summed E-state index contributed by atoms with van der Waals surface area (Å²) < 4.78 is 1.87. The third-order valence-corrected chi connectivity index (χ3v) is 6.00. The Balaban J connectivity index is 1.51. The van der Waals surface area contributed by atoms with Gasteiger partial charge in [0.15, 0.2) is 0 Å². The molecule has 0 aliphatic rings. The van der Waals surface area contributed by atoms with Crippen molar-refractivity contribution in [3.05, 3.63) is 78.6 Å². The molecule has 2 aromatic carbocycles. The molecule has 0 aliphatic heterocycles. The highest BCUT2D eigenvalue weighted by Gasteiger charge is 2.19. The van der Waals surface area contributed by atoms with Gasteiger partial charge in [-0.05, 0) is 43.2 Å². The van der Waals surface area contributed by atoms with Crippen LogP contribution < -0.4 is 10.4 Å². The number of pyridine rings is 1. The molecule has 8 nitrogen and oxygen atoms in total. The molecule has 0 atom stereocenters. The van der Waals surface area contributed by atoms with Gasteiger partial charge in [-0.2, -0.15) is 5.10 Å². The van der Waals surface area contributed by atoms with Crippen LogP contribution in [-0.2, 0) is 11.8 Å². The molecule has 2 aromatic heterocycles. The Kier molecular flexibility index (Phi) is 7.84. The fraction of sp³-hybridized carbons (Fsp3) is 0.259. The van der Waals surface area contributed by atoms with Crippen LogP contribution in [0.15, 0.2) is 72.9 Å². The van der Waals surface area contributed by atoms with Gasteiger partial charge in [0.05, 0.1) is 5.52 Å². The molecule has 4 aromatic rings. The van der Waals surface area contributed by atoms with Gasteiger partial charge < -0.3 is 4.90 Å². The fourth-order valence-corrected chi connectivity index (χ4v) is 4.17. The summed E-state index contributed by atoms with van der Waals surface area (Å²) in [6.45, 7) is 0.535. The number of rotatable bonds is 10. The highest BCUT2D eigenvalue weighted by Crippen LogP contribution is 2.29. The van der Waals surface area contributed by atoms with Crippen LogP contribution in [0, 0.1) is 0 Å². The maximum Gasteiger partial charge on any atom is 0.276 e. The molecule has 0 bridgehead atoms. The largest absolute Gasteiger partial charge is 0.307 e. The quantitative estimate of drug-likeness (QED) is 0.198. The van der Waals surface area contributed by atoms with E-state index in [4.69, 9.17) is 10.3 Å². The van der Waals surface area contributed by atoms with Crippen LogP contribution in [0.3, 0.4) is 0 Å². The first-order valence-corrected chi connectivity index (χ1v) is 11.8. The Morgan fingerprint density at radius 3 is 2.43 bits per heavy atom. The average Bonchev–Trinajstić information content (AvgIpc) is 3.25. The van der Waals surface area contributed by atoms with Gasteiger partial charge in [-0.25, -0.2) is 5.48 Å². The number of fused-ring (bicyclic) bond motifs is 1. The van der Waals surface area contributed by atoms with Gasteiger partial charge in [0, 0.05) is 42.8 Å². The maximum atomic E-state index is 13.3. The first-order valence-electron chi connectivity index (χ1n) is 11.8. The lowest BCUT2D eigenvalue weighted by molar-refractivity contribution is -0.129. The van der Waals surface area contributed by atoms with Gasteiger partial charge >= 0.3 is 0 Å². The number of benzene rings is 2. The standard InChI is InChI=1S/C27H29N5O3/c1-31-24-12-6-5-10-22(24)26(29-31)20-14-16-21(17-15-20)32(27(34)23-11-7-8-18-28-23)19-9-3-2-4-13-25(33)30-35/h5-8,10-12,14-18,35H,2-4,9,13,19H2,1H3,(H,30,33). The molecule has 0 spiro atoms. The number of aryl methyl sites for hydroxylation is 1. The van der Waals surface area contributed by atoms with E-state index in [2.05, 4.69) is 11.1 Å². The van der Waals surface area contributed by atoms with Crippen molar-refractivity contribution in [3.8, 4) is 11.3 Å². The van der Waals surface area contributed by atoms with E-state index in [-0.39, 0.29) is 18.2 Å². The number of hydrogen-bond acceptors (Lipinski definition) is 5. The minimum Gasteiger partial charge on any atom is -0.307 e. The average molecular weight is 472 g/mol. The predicted molar refractivity (Wildman–Crippen MR) is 135 cm³/mol. The Morgan fingerprint density at radius 2 is 1.69 bits per heavy atom. The zero-order valence-electron chi connectivity index (χ0n) is 19.7. The summed E-state index contributed by atoms with van der Waals surface area (Å²) in [5.41, 5.74) is 5.80. The SMILES string of the molecule is Cn1nc(-c2ccc(N(CCCCCCC(=O)NO)C(=O)c3ccccn3)cc2)c2ccccc21. The van der Waals surface area contributed by atoms with Crippen molar-refractivity contribution in [1.82, 2.24) is 20.2 Å². The third-order valence-electron chi connectivity index (χ3n) is 6.00. The first-order chi connectivity index (χ1) is 17.1. The Labute approximate surface area is 204 Å². The molecule has 0 saturated heterocycles. The second kappa shape index (κ2) is 11.4. The second-order valence-corrected chi connectivity index (χ2v) is 8.41. The number of nitrogens with zero attached hydrogens (tertiary/aromatic N) is 4. The summed E-state index contributed by atoms with van der Waals surface area (Å²) >= 11 is 0. The third kappa shape index (κ3) is 5.73. The van der Waals surface area contributed by atoms with Crippen molar-refractivity contribution >= 4 is 28.4 Å². The molecule has 8 heteroatoms. The van der Waals surface area contributed by atoms with E-state index in [1.807, 2.05) is 54.2 Å². The van der Waals surface area contributed by atoms with Gasteiger partial charge in [0.1, 0.15) is 11.4 Å². The highest BCUT2D eigenvalue weighted by atomic mass is 16.5. The van der Waals surface area contributed by atoms with Crippen molar-refractivity contribution in [1.29, 1.82) is 0 Å². The smallest absolute Gasteiger partial charge is 0.276 e. The van der Waals surface area contributed by atoms with Crippen LogP contribution in [0.2, 0.25) is 0 Å². The molecule has 2 amide bonds. The molecule has 2 heterocycles. The van der Waals surface area contributed by atoms with Gasteiger partial charge in [0.2, 0.25) is 5.91 Å². The molecule has 4 rings (SSSR count). The Morgan fingerprint density at radius 1 is 0.943 bits per heavy atom. The lowest BCUT2D eigenvalue weighted by atomic mass is 10.1. The highest BCUT2D eigenvalue weighted by molar-refractivity contribution is 6.05. The maximum absolute atomic E-state index is 13.3. The Bertz CT molecular complexity index is 1290. The van der Waals surface area contributed by atoms with Crippen LogP contribution in [0.4, 0.5) is 5.69 Å². The summed E-state index contributed by atoms with van der Waals surface area (Å²) in [5, 5.41) is 14.4. The lowest BCUT2D eigenvalue weighted by Gasteiger charge is -2.23. The topological polar surface area (TPSA) is 100 Å². The van der Waals surface area contributed by atoms with Crippen molar-refractivity contribution in [3.63, 3.8) is 0 Å². The van der Waals surface area contributed by atoms with Gasteiger partial charge in [-0.15, -0.1) is 0 Å². The molecule has 35 heavy (non-hydrogen) atoms. The van der Waals surface area contributed by atoms with E-state index in [1.165, 1.54) is 0 Å². The van der Waals surface area contributed by atoms with Crippen molar-refractivity contribution in [2.75, 3.05) is 11.4 Å². The van der Waals surface area contributed by atoms with Crippen LogP contribution >= 0.6 is 0 Å². The number of aromatic nitrogens is 3. The number of carbonyl (C=O) groups is 2. The molecule has 0 unspecified atom stereocenters. The summed E-state index contributed by atoms with van der Waals surface area (Å²) in [6, 6.07) is 21.3. The van der Waals surface area contributed by atoms with Crippen molar-refractivity contribution in [2.24, 2.45) is 7.05 Å². The molecule has 0 radical (unpaired) electrons. The van der Waals surface area contributed by atoms with Crippen LogP contribution in [0.1, 0.15) is 42.6 Å². The predicted octanol–water partition coefficient (Wildman–Crippen LogP) is 4.74. The minimum atomic E-state index is -0.377. The van der Waals surface area contributed by atoms with Crippen molar-refractivity contribution < 1.29 is 14.8 Å². The summed E-state index contributed by atoms with van der Waals surface area (Å²) in [4.78, 5) is 30.4. The monoisotopic (exact) mass is 471 g/mol. The molecular formula is C27H29N5O3. The lowest BCUT2D eigenvalue weighted by Crippen LogP contribution is -2.32. The number of carbonyl (C=O) groups excluding carboxylic acids is 2. The molecule has 0 saturated carbocycles. The van der Waals surface area contributed by atoms with E-state index in [0.29, 0.717) is 18.7 Å². The number of nitrogens with one attached hydrogen (secondary N) is 1. The van der Waals surface area contributed by atoms with Gasteiger partial charge in [-0.1, -0.05) is 49.2 Å². The number of anilines is 1. The number of hydrogen-bond donors (Lipinski definition) is 2. The summed E-state index contributed by atoms with van der Waals surface area (Å²) in [5.74, 6) is -0.529. The van der Waals surface area contributed by atoms with E-state index < -0.39 is 0 Å². The molecular weight excluding hydrogens is 442 g/mol. The molecule has 0 aliphatic carbocycles. The van der Waals surface area contributed by atoms with E-state index >= 15 is 0 Å². The van der Waals surface area contributed by atoms with E-state index in [1.54, 1.807) is 34.8 Å². The number of hydroxylamine groups is 1. The number of para-hydroxylation sites is 1. The van der Waals surface area contributed by atoms with Crippen LogP contribution in [0.5, 0.6) is 0 Å². The van der Waals surface area contributed by atoms with Gasteiger partial charge in [-0.3, -0.25) is 24.5 Å². The summed E-state index contributed by atoms with van der Waals surface area (Å²) in [6.07, 6.45) is 5.08. The molecule has 2 N–H and O–H groups in total.